The number of hydrogen-bond donors (Lipinski definition) is 4. The molecule has 0 aliphatic carbocycles. The van der Waals surface area contributed by atoms with Crippen molar-refractivity contribution in [2.75, 3.05) is 13.1 Å². The summed E-state index contributed by atoms with van der Waals surface area (Å²) in [6, 6.07) is 5.11. The van der Waals surface area contributed by atoms with Crippen molar-refractivity contribution in [2.45, 2.75) is 12.5 Å². The first-order valence-electron chi connectivity index (χ1n) is 5.97. The molecule has 1 rings (SSSR count). The Morgan fingerprint density at radius 3 is 2.50 bits per heavy atom. The van der Waals surface area contributed by atoms with Crippen LogP contribution < -0.4 is 10.6 Å². The van der Waals surface area contributed by atoms with Crippen LogP contribution in [0.15, 0.2) is 24.3 Å². The fourth-order valence-electron chi connectivity index (χ4n) is 1.56. The Morgan fingerprint density at radius 1 is 1.30 bits per heavy atom. The highest BCUT2D eigenvalue weighted by Crippen LogP contribution is 2.11. The van der Waals surface area contributed by atoms with Crippen molar-refractivity contribution in [1.29, 1.82) is 0 Å². The molecular formula is C14H16N2O4. The van der Waals surface area contributed by atoms with E-state index in [1.807, 2.05) is 0 Å². The molecule has 106 valence electrons. The predicted molar refractivity (Wildman–Crippen MR) is 73.1 cm³/mol. The van der Waals surface area contributed by atoms with Crippen molar-refractivity contribution in [3.8, 4) is 18.1 Å². The first-order chi connectivity index (χ1) is 9.52. The molecule has 0 bridgehead atoms. The second-order valence-electron chi connectivity index (χ2n) is 4.14. The third-order valence-electron chi connectivity index (χ3n) is 2.52. The van der Waals surface area contributed by atoms with Gasteiger partial charge in [-0.25, -0.2) is 4.79 Å². The van der Waals surface area contributed by atoms with Crippen molar-refractivity contribution in [3.05, 3.63) is 29.8 Å². The number of carboxylic acid groups (broad SMARTS) is 1. The molecule has 0 fully saturated rings. The van der Waals surface area contributed by atoms with Crippen LogP contribution in [0.2, 0.25) is 0 Å². The summed E-state index contributed by atoms with van der Waals surface area (Å²) in [6.07, 6.45) is 5.16. The van der Waals surface area contributed by atoms with E-state index >= 15 is 0 Å². The molecule has 6 heteroatoms. The molecule has 1 amide bonds. The number of carboxylic acids is 1. The minimum atomic E-state index is -1.12. The lowest BCUT2D eigenvalue weighted by atomic mass is 10.1. The Kier molecular flexibility index (Phi) is 6.07. The topological polar surface area (TPSA) is 98.7 Å². The number of hydrogen-bond acceptors (Lipinski definition) is 4. The van der Waals surface area contributed by atoms with E-state index in [0.29, 0.717) is 5.56 Å². The fourth-order valence-corrected chi connectivity index (χ4v) is 1.56. The van der Waals surface area contributed by atoms with Crippen LogP contribution in [0.25, 0.3) is 0 Å². The second kappa shape index (κ2) is 7.81. The van der Waals surface area contributed by atoms with Crippen molar-refractivity contribution < 1.29 is 19.8 Å². The molecule has 0 aliphatic rings. The maximum Gasteiger partial charge on any atom is 0.326 e. The molecule has 0 heterocycles. The molecule has 6 nitrogen and oxygen atoms in total. The van der Waals surface area contributed by atoms with Gasteiger partial charge in [0, 0.05) is 6.42 Å². The van der Waals surface area contributed by atoms with Gasteiger partial charge in [0.1, 0.15) is 11.8 Å². The van der Waals surface area contributed by atoms with Gasteiger partial charge >= 0.3 is 5.97 Å². The molecule has 1 atom stereocenters. The summed E-state index contributed by atoms with van der Waals surface area (Å²) >= 11 is 0. The highest BCUT2D eigenvalue weighted by molar-refractivity contribution is 5.84. The number of carbonyl (C=O) groups is 2. The van der Waals surface area contributed by atoms with Gasteiger partial charge in [-0.05, 0) is 17.7 Å². The highest BCUT2D eigenvalue weighted by Gasteiger charge is 2.20. The Labute approximate surface area is 116 Å². The standard InChI is InChI=1S/C14H16N2O4/c1-2-7-15-9-13(18)16-12(14(19)20)8-10-3-5-11(17)6-4-10/h1,3-6,12,15,17H,7-9H2,(H,16,18)(H,19,20)/t12-/m0/s1. The first-order valence-corrected chi connectivity index (χ1v) is 5.97. The van der Waals surface area contributed by atoms with Crippen LogP contribution in [0.3, 0.4) is 0 Å². The van der Waals surface area contributed by atoms with E-state index in [2.05, 4.69) is 16.6 Å². The Hall–Kier alpha value is -2.52. The number of carbonyl (C=O) groups excluding carboxylic acids is 1. The number of aromatic hydroxyl groups is 1. The van der Waals surface area contributed by atoms with E-state index in [9.17, 15) is 9.59 Å². The molecule has 1 aromatic rings. The Balaban J connectivity index is 2.56. The maximum absolute atomic E-state index is 11.5. The van der Waals surface area contributed by atoms with Gasteiger partial charge in [-0.3, -0.25) is 10.1 Å². The number of nitrogens with one attached hydrogen (secondary N) is 2. The summed E-state index contributed by atoms with van der Waals surface area (Å²) in [7, 11) is 0. The quantitative estimate of drug-likeness (QED) is 0.406. The molecule has 0 aliphatic heterocycles. The molecule has 1 aromatic carbocycles. The van der Waals surface area contributed by atoms with E-state index in [4.69, 9.17) is 16.6 Å². The van der Waals surface area contributed by atoms with Gasteiger partial charge in [-0.2, -0.15) is 0 Å². The van der Waals surface area contributed by atoms with Crippen LogP contribution >= 0.6 is 0 Å². The molecular weight excluding hydrogens is 260 g/mol. The zero-order chi connectivity index (χ0) is 15.0. The first kappa shape index (κ1) is 15.5. The number of phenols is 1. The third-order valence-corrected chi connectivity index (χ3v) is 2.52. The highest BCUT2D eigenvalue weighted by atomic mass is 16.4. The zero-order valence-corrected chi connectivity index (χ0v) is 10.8. The number of phenolic OH excluding ortho intramolecular Hbond substituents is 1. The lowest BCUT2D eigenvalue weighted by Crippen LogP contribution is -2.45. The molecule has 4 N–H and O–H groups in total. The predicted octanol–water partition coefficient (Wildman–Crippen LogP) is -0.273. The monoisotopic (exact) mass is 276 g/mol. The normalized spacial score (nSPS) is 11.3. The van der Waals surface area contributed by atoms with Crippen LogP contribution in [0.5, 0.6) is 5.75 Å². The molecule has 0 spiro atoms. The summed E-state index contributed by atoms with van der Waals surface area (Å²) in [5, 5.41) is 23.3. The van der Waals surface area contributed by atoms with Gasteiger partial charge in [-0.1, -0.05) is 18.1 Å². The van der Waals surface area contributed by atoms with Gasteiger partial charge in [0.25, 0.3) is 0 Å². The zero-order valence-electron chi connectivity index (χ0n) is 10.8. The fraction of sp³-hybridized carbons (Fsp3) is 0.286. The van der Waals surface area contributed by atoms with Crippen LogP contribution in [0, 0.1) is 12.3 Å². The van der Waals surface area contributed by atoms with E-state index < -0.39 is 17.9 Å². The van der Waals surface area contributed by atoms with Crippen LogP contribution in [-0.4, -0.2) is 41.2 Å². The summed E-state index contributed by atoms with van der Waals surface area (Å²) < 4.78 is 0. The van der Waals surface area contributed by atoms with E-state index in [1.165, 1.54) is 12.1 Å². The van der Waals surface area contributed by atoms with Crippen molar-refractivity contribution in [2.24, 2.45) is 0 Å². The van der Waals surface area contributed by atoms with Gasteiger partial charge < -0.3 is 15.5 Å². The SMILES string of the molecule is C#CCNCC(=O)N[C@@H](Cc1ccc(O)cc1)C(=O)O. The van der Waals surface area contributed by atoms with Crippen LogP contribution in [0.1, 0.15) is 5.56 Å². The smallest absolute Gasteiger partial charge is 0.326 e. The lowest BCUT2D eigenvalue weighted by Gasteiger charge is -2.14. The Bertz CT molecular complexity index is 505. The minimum absolute atomic E-state index is 0.0381. The van der Waals surface area contributed by atoms with Crippen molar-refractivity contribution in [1.82, 2.24) is 10.6 Å². The maximum atomic E-state index is 11.5. The largest absolute Gasteiger partial charge is 0.508 e. The second-order valence-corrected chi connectivity index (χ2v) is 4.14. The summed E-state index contributed by atoms with van der Waals surface area (Å²) in [6.45, 7) is 0.201. The molecule has 0 unspecified atom stereocenters. The Morgan fingerprint density at radius 2 is 1.95 bits per heavy atom. The average molecular weight is 276 g/mol. The minimum Gasteiger partial charge on any atom is -0.508 e. The van der Waals surface area contributed by atoms with E-state index in [0.717, 1.165) is 0 Å². The number of aliphatic carboxylic acids is 1. The number of rotatable bonds is 7. The average Bonchev–Trinajstić information content (AvgIpc) is 2.40. The van der Waals surface area contributed by atoms with Gasteiger partial charge in [0.15, 0.2) is 0 Å². The summed E-state index contributed by atoms with van der Waals surface area (Å²) in [5.74, 6) is 0.853. The summed E-state index contributed by atoms with van der Waals surface area (Å²) in [5.41, 5.74) is 0.701. The van der Waals surface area contributed by atoms with Gasteiger partial charge in [-0.15, -0.1) is 6.42 Å². The molecule has 0 saturated heterocycles. The van der Waals surface area contributed by atoms with Crippen LogP contribution in [-0.2, 0) is 16.0 Å². The lowest BCUT2D eigenvalue weighted by molar-refractivity contribution is -0.141. The van der Waals surface area contributed by atoms with E-state index in [-0.39, 0.29) is 25.3 Å². The van der Waals surface area contributed by atoms with Crippen LogP contribution in [0.4, 0.5) is 0 Å². The molecule has 20 heavy (non-hydrogen) atoms. The third kappa shape index (κ3) is 5.42. The summed E-state index contributed by atoms with van der Waals surface area (Å²) in [4.78, 5) is 22.7. The molecule has 0 aromatic heterocycles. The molecule has 0 radical (unpaired) electrons. The van der Waals surface area contributed by atoms with Gasteiger partial charge in [0.2, 0.25) is 5.91 Å². The van der Waals surface area contributed by atoms with Crippen molar-refractivity contribution in [3.63, 3.8) is 0 Å². The number of terminal acetylenes is 1. The molecule has 0 saturated carbocycles. The van der Waals surface area contributed by atoms with Crippen molar-refractivity contribution >= 4 is 11.9 Å². The van der Waals surface area contributed by atoms with E-state index in [1.54, 1.807) is 12.1 Å². The van der Waals surface area contributed by atoms with Gasteiger partial charge in [0.05, 0.1) is 13.1 Å². The number of amides is 1. The number of benzene rings is 1.